The van der Waals surface area contributed by atoms with Gasteiger partial charge in [0, 0.05) is 44.3 Å². The summed E-state index contributed by atoms with van der Waals surface area (Å²) in [5.41, 5.74) is 3.13. The monoisotopic (exact) mass is 368 g/mol. The molecule has 1 atom stereocenters. The van der Waals surface area contributed by atoms with Crippen molar-refractivity contribution in [2.75, 3.05) is 27.2 Å². The normalized spacial score (nSPS) is 12.9. The first kappa shape index (κ1) is 18.9. The molecular formula is C21H25FN4O. The Labute approximate surface area is 158 Å². The Morgan fingerprint density at radius 1 is 1.19 bits per heavy atom. The number of H-pyrrole nitrogens is 1. The zero-order chi connectivity index (χ0) is 19.1. The Morgan fingerprint density at radius 3 is 2.74 bits per heavy atom. The molecule has 6 heteroatoms. The molecule has 2 aromatic carbocycles. The van der Waals surface area contributed by atoms with Crippen LogP contribution in [0.3, 0.4) is 0 Å². The van der Waals surface area contributed by atoms with Gasteiger partial charge in [0.2, 0.25) is 0 Å². The van der Waals surface area contributed by atoms with Gasteiger partial charge in [-0.2, -0.15) is 0 Å². The lowest BCUT2D eigenvalue weighted by Gasteiger charge is -2.18. The van der Waals surface area contributed by atoms with Crippen molar-refractivity contribution < 1.29 is 9.13 Å². The Bertz CT molecular complexity index is 892. The fourth-order valence-electron chi connectivity index (χ4n) is 3.09. The van der Waals surface area contributed by atoms with Crippen molar-refractivity contribution in [1.82, 2.24) is 15.6 Å². The molecule has 0 spiro atoms. The van der Waals surface area contributed by atoms with E-state index >= 15 is 0 Å². The molecule has 0 aliphatic heterocycles. The minimum absolute atomic E-state index is 0.0543. The van der Waals surface area contributed by atoms with Crippen LogP contribution >= 0.6 is 0 Å². The first-order valence-corrected chi connectivity index (χ1v) is 8.99. The van der Waals surface area contributed by atoms with Crippen LogP contribution < -0.4 is 10.6 Å². The summed E-state index contributed by atoms with van der Waals surface area (Å²) in [6.07, 6.45) is 2.64. The number of guanidine groups is 1. The summed E-state index contributed by atoms with van der Waals surface area (Å²) >= 11 is 0. The van der Waals surface area contributed by atoms with Crippen molar-refractivity contribution in [2.24, 2.45) is 4.99 Å². The molecule has 0 aliphatic carbocycles. The van der Waals surface area contributed by atoms with E-state index in [4.69, 9.17) is 4.74 Å². The van der Waals surface area contributed by atoms with Gasteiger partial charge in [-0.15, -0.1) is 0 Å². The van der Waals surface area contributed by atoms with Crippen LogP contribution in [0.15, 0.2) is 59.7 Å². The van der Waals surface area contributed by atoms with Crippen molar-refractivity contribution in [3.8, 4) is 0 Å². The van der Waals surface area contributed by atoms with Crippen LogP contribution in [0.4, 0.5) is 4.39 Å². The molecule has 3 aromatic rings. The van der Waals surface area contributed by atoms with E-state index in [9.17, 15) is 4.39 Å². The standard InChI is InChI=1S/C21H25FN4O/c1-23-21(26-14-20(27-2)15-6-4-3-5-7-15)24-11-10-16-13-25-19-9-8-17(22)12-18(16)19/h3-9,12-13,20,25H,10-11,14H2,1-2H3,(H2,23,24,26). The maximum Gasteiger partial charge on any atom is 0.191 e. The van der Waals surface area contributed by atoms with Gasteiger partial charge in [0.15, 0.2) is 5.96 Å². The van der Waals surface area contributed by atoms with Crippen molar-refractivity contribution in [3.05, 3.63) is 71.7 Å². The van der Waals surface area contributed by atoms with Crippen LogP contribution in [0.25, 0.3) is 10.9 Å². The van der Waals surface area contributed by atoms with Gasteiger partial charge in [-0.25, -0.2) is 4.39 Å². The molecule has 0 saturated heterocycles. The van der Waals surface area contributed by atoms with E-state index in [1.807, 2.05) is 36.5 Å². The number of aromatic nitrogens is 1. The van der Waals surface area contributed by atoms with Crippen molar-refractivity contribution in [2.45, 2.75) is 12.5 Å². The van der Waals surface area contributed by atoms with E-state index < -0.39 is 0 Å². The lowest BCUT2D eigenvalue weighted by Crippen LogP contribution is -2.40. The molecule has 27 heavy (non-hydrogen) atoms. The van der Waals surface area contributed by atoms with Gasteiger partial charge in [-0.3, -0.25) is 4.99 Å². The highest BCUT2D eigenvalue weighted by atomic mass is 19.1. The number of aliphatic imine (C=N–C) groups is 1. The predicted molar refractivity (Wildman–Crippen MR) is 108 cm³/mol. The van der Waals surface area contributed by atoms with Gasteiger partial charge in [-0.05, 0) is 35.7 Å². The molecule has 0 aliphatic rings. The molecule has 0 bridgehead atoms. The summed E-state index contributed by atoms with van der Waals surface area (Å²) in [5.74, 6) is 0.485. The number of halogens is 1. The van der Waals surface area contributed by atoms with Gasteiger partial charge in [0.05, 0.1) is 6.10 Å². The summed E-state index contributed by atoms with van der Waals surface area (Å²) in [6, 6.07) is 14.9. The molecule has 0 saturated carbocycles. The largest absolute Gasteiger partial charge is 0.375 e. The van der Waals surface area contributed by atoms with E-state index in [-0.39, 0.29) is 11.9 Å². The Hall–Kier alpha value is -2.86. The van der Waals surface area contributed by atoms with E-state index in [1.165, 1.54) is 6.07 Å². The van der Waals surface area contributed by atoms with Crippen LogP contribution in [0.5, 0.6) is 0 Å². The molecule has 1 unspecified atom stereocenters. The number of hydrogen-bond donors (Lipinski definition) is 3. The maximum absolute atomic E-state index is 13.5. The van der Waals surface area contributed by atoms with E-state index in [0.29, 0.717) is 19.0 Å². The fraction of sp³-hybridized carbons (Fsp3) is 0.286. The summed E-state index contributed by atoms with van der Waals surface area (Å²) < 4.78 is 19.0. The first-order valence-electron chi connectivity index (χ1n) is 8.99. The zero-order valence-corrected chi connectivity index (χ0v) is 15.6. The van der Waals surface area contributed by atoms with Crippen LogP contribution in [0.1, 0.15) is 17.2 Å². The average molecular weight is 368 g/mol. The quantitative estimate of drug-likeness (QED) is 0.442. The van der Waals surface area contributed by atoms with Gasteiger partial charge in [0.1, 0.15) is 5.82 Å². The summed E-state index contributed by atoms with van der Waals surface area (Å²) in [5, 5.41) is 7.50. The third-order valence-electron chi connectivity index (χ3n) is 4.55. The third kappa shape index (κ3) is 4.86. The molecule has 3 N–H and O–H groups in total. The molecule has 3 rings (SSSR count). The molecular weight excluding hydrogens is 343 g/mol. The molecule has 1 heterocycles. The second kappa shape index (κ2) is 9.19. The lowest BCUT2D eigenvalue weighted by atomic mass is 10.1. The Kier molecular flexibility index (Phi) is 6.44. The van der Waals surface area contributed by atoms with E-state index in [2.05, 4.69) is 20.6 Å². The van der Waals surface area contributed by atoms with Crippen molar-refractivity contribution >= 4 is 16.9 Å². The summed E-state index contributed by atoms with van der Waals surface area (Å²) in [6.45, 7) is 1.30. The van der Waals surface area contributed by atoms with Crippen LogP contribution in [-0.4, -0.2) is 38.2 Å². The van der Waals surface area contributed by atoms with Gasteiger partial charge >= 0.3 is 0 Å². The number of benzene rings is 2. The van der Waals surface area contributed by atoms with Crippen LogP contribution in [0, 0.1) is 5.82 Å². The van der Waals surface area contributed by atoms with Gasteiger partial charge in [-0.1, -0.05) is 30.3 Å². The van der Waals surface area contributed by atoms with Crippen LogP contribution in [-0.2, 0) is 11.2 Å². The number of nitrogens with one attached hydrogen (secondary N) is 3. The van der Waals surface area contributed by atoms with E-state index in [0.717, 1.165) is 28.5 Å². The molecule has 5 nitrogen and oxygen atoms in total. The SMILES string of the molecule is CN=C(NCCc1c[nH]c2ccc(F)cc12)NCC(OC)c1ccccc1. The number of hydrogen-bond acceptors (Lipinski definition) is 2. The maximum atomic E-state index is 13.5. The summed E-state index contributed by atoms with van der Waals surface area (Å²) in [4.78, 5) is 7.43. The molecule has 0 amide bonds. The van der Waals surface area contributed by atoms with Crippen molar-refractivity contribution in [3.63, 3.8) is 0 Å². The minimum atomic E-state index is -0.222. The lowest BCUT2D eigenvalue weighted by molar-refractivity contribution is 0.106. The number of aromatic amines is 1. The highest BCUT2D eigenvalue weighted by Gasteiger charge is 2.11. The first-order chi connectivity index (χ1) is 13.2. The average Bonchev–Trinajstić information content (AvgIpc) is 3.10. The number of fused-ring (bicyclic) bond motifs is 1. The van der Waals surface area contributed by atoms with Crippen LogP contribution in [0.2, 0.25) is 0 Å². The Morgan fingerprint density at radius 2 is 2.00 bits per heavy atom. The number of methoxy groups -OCH3 is 1. The number of ether oxygens (including phenoxy) is 1. The third-order valence-corrected chi connectivity index (χ3v) is 4.55. The highest BCUT2D eigenvalue weighted by molar-refractivity contribution is 5.83. The van der Waals surface area contributed by atoms with Gasteiger partial charge in [0.25, 0.3) is 0 Å². The summed E-state index contributed by atoms with van der Waals surface area (Å²) in [7, 11) is 3.44. The predicted octanol–water partition coefficient (Wildman–Crippen LogP) is 3.40. The van der Waals surface area contributed by atoms with Gasteiger partial charge < -0.3 is 20.4 Å². The Balaban J connectivity index is 1.52. The van der Waals surface area contributed by atoms with Crippen molar-refractivity contribution in [1.29, 1.82) is 0 Å². The smallest absolute Gasteiger partial charge is 0.191 e. The zero-order valence-electron chi connectivity index (χ0n) is 15.6. The fourth-order valence-corrected chi connectivity index (χ4v) is 3.09. The number of nitrogens with zero attached hydrogens (tertiary/aromatic N) is 1. The highest BCUT2D eigenvalue weighted by Crippen LogP contribution is 2.19. The minimum Gasteiger partial charge on any atom is -0.375 e. The topological polar surface area (TPSA) is 61.4 Å². The molecule has 0 fully saturated rings. The second-order valence-corrected chi connectivity index (χ2v) is 6.27. The second-order valence-electron chi connectivity index (χ2n) is 6.27. The molecule has 1 aromatic heterocycles. The number of rotatable bonds is 7. The molecule has 142 valence electrons. The molecule has 0 radical (unpaired) electrons. The van der Waals surface area contributed by atoms with E-state index in [1.54, 1.807) is 26.3 Å².